The summed E-state index contributed by atoms with van der Waals surface area (Å²) < 4.78 is 11.4. The van der Waals surface area contributed by atoms with Crippen LogP contribution in [0, 0.1) is 0 Å². The lowest BCUT2D eigenvalue weighted by atomic mass is 9.80. The van der Waals surface area contributed by atoms with Crippen LogP contribution in [0.15, 0.2) is 0 Å². The Balaban J connectivity index is 2.07. The number of hydrogen-bond acceptors (Lipinski definition) is 2. The molecule has 1 spiro atoms. The highest BCUT2D eigenvalue weighted by atomic mass is 16.5. The van der Waals surface area contributed by atoms with Crippen LogP contribution in [-0.4, -0.2) is 25.4 Å². The van der Waals surface area contributed by atoms with Crippen LogP contribution in [-0.2, 0) is 9.47 Å². The first-order valence-electron chi connectivity index (χ1n) is 5.04. The molecule has 2 atom stereocenters. The molecule has 2 heteroatoms. The number of ether oxygens (including phenoxy) is 2. The first kappa shape index (κ1) is 8.52. The minimum atomic E-state index is 0.118. The molecule has 0 bridgehead atoms. The SMILES string of the molecule is CO[C@H]1CCCC[C@@]12CCCO2. The Bertz CT molecular complexity index is 150. The van der Waals surface area contributed by atoms with Crippen molar-refractivity contribution in [3.8, 4) is 0 Å². The second kappa shape index (κ2) is 3.35. The van der Waals surface area contributed by atoms with Crippen molar-refractivity contribution in [2.75, 3.05) is 13.7 Å². The van der Waals surface area contributed by atoms with E-state index in [0.717, 1.165) is 6.61 Å². The van der Waals surface area contributed by atoms with Crippen LogP contribution in [0.1, 0.15) is 38.5 Å². The summed E-state index contributed by atoms with van der Waals surface area (Å²) in [6, 6.07) is 0. The summed E-state index contributed by atoms with van der Waals surface area (Å²) in [6.45, 7) is 0.944. The van der Waals surface area contributed by atoms with Crippen molar-refractivity contribution in [2.45, 2.75) is 50.2 Å². The smallest absolute Gasteiger partial charge is 0.0943 e. The second-order valence-electron chi connectivity index (χ2n) is 3.99. The van der Waals surface area contributed by atoms with Crippen molar-refractivity contribution in [2.24, 2.45) is 0 Å². The molecule has 2 nitrogen and oxygen atoms in total. The summed E-state index contributed by atoms with van der Waals surface area (Å²) in [5.41, 5.74) is 0.118. The molecule has 1 saturated heterocycles. The predicted molar refractivity (Wildman–Crippen MR) is 47.2 cm³/mol. The molecule has 70 valence electrons. The van der Waals surface area contributed by atoms with Crippen molar-refractivity contribution in [1.82, 2.24) is 0 Å². The molecule has 1 saturated carbocycles. The third kappa shape index (κ3) is 1.27. The van der Waals surface area contributed by atoms with E-state index >= 15 is 0 Å². The van der Waals surface area contributed by atoms with Crippen LogP contribution >= 0.6 is 0 Å². The van der Waals surface area contributed by atoms with Gasteiger partial charge in [-0.05, 0) is 25.7 Å². The van der Waals surface area contributed by atoms with Gasteiger partial charge in [0.1, 0.15) is 0 Å². The fourth-order valence-corrected chi connectivity index (χ4v) is 2.68. The largest absolute Gasteiger partial charge is 0.378 e. The Labute approximate surface area is 74.2 Å². The highest BCUT2D eigenvalue weighted by Gasteiger charge is 2.44. The fraction of sp³-hybridized carbons (Fsp3) is 1.00. The average Bonchev–Trinajstić information content (AvgIpc) is 2.55. The molecule has 1 aliphatic heterocycles. The lowest BCUT2D eigenvalue weighted by Gasteiger charge is -2.39. The summed E-state index contributed by atoms with van der Waals surface area (Å²) in [4.78, 5) is 0. The molecule has 0 amide bonds. The maximum absolute atomic E-state index is 5.86. The molecular weight excluding hydrogens is 152 g/mol. The van der Waals surface area contributed by atoms with Crippen LogP contribution in [0.5, 0.6) is 0 Å². The Morgan fingerprint density at radius 2 is 2.08 bits per heavy atom. The number of hydrogen-bond donors (Lipinski definition) is 0. The molecule has 2 rings (SSSR count). The third-order valence-corrected chi connectivity index (χ3v) is 3.32. The van der Waals surface area contributed by atoms with E-state index < -0.39 is 0 Å². The van der Waals surface area contributed by atoms with Gasteiger partial charge in [-0.3, -0.25) is 0 Å². The van der Waals surface area contributed by atoms with Crippen LogP contribution in [0.3, 0.4) is 0 Å². The highest BCUT2D eigenvalue weighted by molar-refractivity contribution is 4.95. The fourth-order valence-electron chi connectivity index (χ4n) is 2.68. The van der Waals surface area contributed by atoms with E-state index in [2.05, 4.69) is 0 Å². The van der Waals surface area contributed by atoms with Gasteiger partial charge in [-0.25, -0.2) is 0 Å². The molecule has 0 radical (unpaired) electrons. The quantitative estimate of drug-likeness (QED) is 0.600. The van der Waals surface area contributed by atoms with Gasteiger partial charge in [0.15, 0.2) is 0 Å². The van der Waals surface area contributed by atoms with Gasteiger partial charge in [0.2, 0.25) is 0 Å². The van der Waals surface area contributed by atoms with E-state index in [1.165, 1.54) is 38.5 Å². The van der Waals surface area contributed by atoms with Crippen LogP contribution in [0.25, 0.3) is 0 Å². The Hall–Kier alpha value is -0.0800. The van der Waals surface area contributed by atoms with Gasteiger partial charge in [-0.1, -0.05) is 12.8 Å². The van der Waals surface area contributed by atoms with E-state index in [0.29, 0.717) is 6.10 Å². The van der Waals surface area contributed by atoms with Gasteiger partial charge < -0.3 is 9.47 Å². The molecule has 0 aromatic carbocycles. The number of methoxy groups -OCH3 is 1. The van der Waals surface area contributed by atoms with Crippen molar-refractivity contribution in [3.05, 3.63) is 0 Å². The van der Waals surface area contributed by atoms with E-state index in [4.69, 9.17) is 9.47 Å². The Morgan fingerprint density at radius 3 is 2.75 bits per heavy atom. The van der Waals surface area contributed by atoms with Crippen molar-refractivity contribution < 1.29 is 9.47 Å². The lowest BCUT2D eigenvalue weighted by molar-refractivity contribution is -0.127. The normalized spacial score (nSPS) is 42.2. The van der Waals surface area contributed by atoms with Crippen LogP contribution in [0.4, 0.5) is 0 Å². The summed E-state index contributed by atoms with van der Waals surface area (Å²) >= 11 is 0. The second-order valence-corrected chi connectivity index (χ2v) is 3.99. The predicted octanol–water partition coefficient (Wildman–Crippen LogP) is 2.12. The van der Waals surface area contributed by atoms with Gasteiger partial charge in [0.05, 0.1) is 11.7 Å². The standard InChI is InChI=1S/C10H18O2/c1-11-9-5-2-3-6-10(9)7-4-8-12-10/h9H,2-8H2,1H3/t9-,10+/m0/s1. The minimum Gasteiger partial charge on any atom is -0.378 e. The van der Waals surface area contributed by atoms with Gasteiger partial charge in [0, 0.05) is 13.7 Å². The van der Waals surface area contributed by atoms with E-state index in [1.54, 1.807) is 0 Å². The lowest BCUT2D eigenvalue weighted by Crippen LogP contribution is -2.45. The van der Waals surface area contributed by atoms with Crippen LogP contribution in [0.2, 0.25) is 0 Å². The molecule has 0 N–H and O–H groups in total. The summed E-state index contributed by atoms with van der Waals surface area (Å²) in [6.07, 6.45) is 7.84. The van der Waals surface area contributed by atoms with Gasteiger partial charge in [0.25, 0.3) is 0 Å². The highest BCUT2D eigenvalue weighted by Crippen LogP contribution is 2.40. The molecule has 1 heterocycles. The molecule has 0 unspecified atom stereocenters. The third-order valence-electron chi connectivity index (χ3n) is 3.32. The van der Waals surface area contributed by atoms with E-state index in [1.807, 2.05) is 7.11 Å². The van der Waals surface area contributed by atoms with Gasteiger partial charge >= 0.3 is 0 Å². The minimum absolute atomic E-state index is 0.118. The molecule has 12 heavy (non-hydrogen) atoms. The maximum atomic E-state index is 5.86. The molecular formula is C10H18O2. The van der Waals surface area contributed by atoms with Crippen LogP contribution < -0.4 is 0 Å². The zero-order valence-corrected chi connectivity index (χ0v) is 7.84. The first-order valence-corrected chi connectivity index (χ1v) is 5.04. The molecule has 0 aromatic rings. The first-order chi connectivity index (χ1) is 5.87. The van der Waals surface area contributed by atoms with Gasteiger partial charge in [-0.2, -0.15) is 0 Å². The zero-order valence-electron chi connectivity index (χ0n) is 7.84. The summed E-state index contributed by atoms with van der Waals surface area (Å²) in [5.74, 6) is 0. The molecule has 0 aromatic heterocycles. The van der Waals surface area contributed by atoms with Crippen molar-refractivity contribution >= 4 is 0 Å². The van der Waals surface area contributed by atoms with Crippen molar-refractivity contribution in [3.63, 3.8) is 0 Å². The summed E-state index contributed by atoms with van der Waals surface area (Å²) in [7, 11) is 1.82. The van der Waals surface area contributed by atoms with Crippen molar-refractivity contribution in [1.29, 1.82) is 0 Å². The van der Waals surface area contributed by atoms with Gasteiger partial charge in [-0.15, -0.1) is 0 Å². The monoisotopic (exact) mass is 170 g/mol. The topological polar surface area (TPSA) is 18.5 Å². The molecule has 1 aliphatic carbocycles. The average molecular weight is 170 g/mol. The zero-order chi connectivity index (χ0) is 8.44. The Morgan fingerprint density at radius 1 is 1.25 bits per heavy atom. The number of rotatable bonds is 1. The molecule has 2 fully saturated rings. The van der Waals surface area contributed by atoms with E-state index in [9.17, 15) is 0 Å². The Kier molecular flexibility index (Phi) is 2.37. The summed E-state index contributed by atoms with van der Waals surface area (Å²) in [5, 5.41) is 0. The molecule has 2 aliphatic rings. The van der Waals surface area contributed by atoms with E-state index in [-0.39, 0.29) is 5.60 Å². The maximum Gasteiger partial charge on any atom is 0.0943 e.